The van der Waals surface area contributed by atoms with Crippen molar-refractivity contribution in [2.75, 3.05) is 19.5 Å². The zero-order chi connectivity index (χ0) is 30.0. The minimum absolute atomic E-state index is 0.0216. The van der Waals surface area contributed by atoms with Crippen LogP contribution in [0, 0.1) is 17.1 Å². The normalized spacial score (nSPS) is 11.7. The first-order valence-electron chi connectivity index (χ1n) is 12.1. The summed E-state index contributed by atoms with van der Waals surface area (Å²) in [7, 11) is 4.26. The lowest BCUT2D eigenvalue weighted by atomic mass is 9.91. The molecule has 0 saturated heterocycles. The van der Waals surface area contributed by atoms with Crippen molar-refractivity contribution < 1.29 is 23.8 Å². The van der Waals surface area contributed by atoms with Crippen molar-refractivity contribution in [1.82, 2.24) is 24.3 Å². The topological polar surface area (TPSA) is 157 Å². The third-order valence-corrected chi connectivity index (χ3v) is 6.48. The van der Waals surface area contributed by atoms with Gasteiger partial charge in [0.25, 0.3) is 5.56 Å². The highest BCUT2D eigenvalue weighted by atomic mass is 35.5. The van der Waals surface area contributed by atoms with Gasteiger partial charge in [0.2, 0.25) is 5.88 Å². The average Bonchev–Trinajstić information content (AvgIpc) is 3.35. The third-order valence-electron chi connectivity index (χ3n) is 6.21. The van der Waals surface area contributed by atoms with E-state index >= 15 is 4.39 Å². The molecular weight excluding hydrogens is 557 g/mol. The van der Waals surface area contributed by atoms with Gasteiger partial charge in [0.05, 0.1) is 49.5 Å². The lowest BCUT2D eigenvalue weighted by molar-refractivity contribution is 0.0688. The number of carbonyl (C=O) groups is 1. The van der Waals surface area contributed by atoms with Crippen LogP contribution in [0.5, 0.6) is 11.9 Å². The first-order valence-corrected chi connectivity index (χ1v) is 12.5. The summed E-state index contributed by atoms with van der Waals surface area (Å²) in [5, 5.41) is 27.0. The quantitative estimate of drug-likeness (QED) is 0.295. The van der Waals surface area contributed by atoms with Gasteiger partial charge in [-0.15, -0.1) is 0 Å². The van der Waals surface area contributed by atoms with E-state index in [-0.39, 0.29) is 50.9 Å². The molecule has 2 N–H and O–H groups in total. The van der Waals surface area contributed by atoms with Gasteiger partial charge in [-0.1, -0.05) is 31.5 Å². The first-order chi connectivity index (χ1) is 19.5. The van der Waals surface area contributed by atoms with Crippen LogP contribution in [0.25, 0.3) is 5.69 Å². The highest BCUT2D eigenvalue weighted by Gasteiger charge is 2.34. The van der Waals surface area contributed by atoms with Crippen LogP contribution in [0.15, 0.2) is 41.5 Å². The average molecular weight is 582 g/mol. The zero-order valence-corrected chi connectivity index (χ0v) is 23.4. The van der Waals surface area contributed by atoms with Crippen molar-refractivity contribution in [2.24, 2.45) is 7.05 Å². The molecule has 3 aromatic heterocycles. The van der Waals surface area contributed by atoms with E-state index < -0.39 is 23.4 Å². The maximum atomic E-state index is 15.6. The largest absolute Gasteiger partial charge is 0.479 e. The lowest BCUT2D eigenvalue weighted by Crippen LogP contribution is -2.22. The molecule has 0 spiro atoms. The monoisotopic (exact) mass is 581 g/mol. The van der Waals surface area contributed by atoms with E-state index in [2.05, 4.69) is 20.4 Å². The molecule has 0 aliphatic heterocycles. The summed E-state index contributed by atoms with van der Waals surface area (Å²) < 4.78 is 28.7. The number of nitrogens with one attached hydrogen (secondary N) is 1. The van der Waals surface area contributed by atoms with E-state index in [0.717, 1.165) is 6.07 Å². The maximum absolute atomic E-state index is 15.6. The summed E-state index contributed by atoms with van der Waals surface area (Å²) >= 11 is 6.14. The minimum Gasteiger partial charge on any atom is -0.479 e. The number of anilines is 1. The molecule has 1 aromatic carbocycles. The molecule has 0 aliphatic carbocycles. The molecule has 0 bridgehead atoms. The molecule has 0 amide bonds. The highest BCUT2D eigenvalue weighted by molar-refractivity contribution is 6.30. The van der Waals surface area contributed by atoms with Crippen molar-refractivity contribution in [3.8, 4) is 23.6 Å². The Morgan fingerprint density at radius 2 is 1.98 bits per heavy atom. The third kappa shape index (κ3) is 5.55. The Balaban J connectivity index is 2.07. The molecular formula is C27H25ClFN7O5. The van der Waals surface area contributed by atoms with Gasteiger partial charge in [-0.2, -0.15) is 15.3 Å². The number of hydrogen-bond donors (Lipinski definition) is 2. The number of nitrogens with zero attached hydrogens (tertiary/aromatic N) is 6. The Hall–Kier alpha value is -4.96. The number of halogens is 2. The first kappa shape index (κ1) is 29.0. The van der Waals surface area contributed by atoms with Gasteiger partial charge in [-0.25, -0.2) is 18.9 Å². The maximum Gasteiger partial charge on any atom is 0.356 e. The highest BCUT2D eigenvalue weighted by Crippen LogP contribution is 2.38. The van der Waals surface area contributed by atoms with Crippen LogP contribution >= 0.6 is 11.6 Å². The second-order valence-electron chi connectivity index (χ2n) is 9.19. The fourth-order valence-electron chi connectivity index (χ4n) is 4.42. The van der Waals surface area contributed by atoms with Gasteiger partial charge in [-0.3, -0.25) is 4.79 Å². The summed E-state index contributed by atoms with van der Waals surface area (Å²) in [4.78, 5) is 33.2. The number of aromatic nitrogens is 5. The number of ether oxygens (including phenoxy) is 2. The number of methoxy groups -OCH3 is 2. The van der Waals surface area contributed by atoms with E-state index in [0.29, 0.717) is 11.4 Å². The van der Waals surface area contributed by atoms with Crippen molar-refractivity contribution >= 4 is 23.3 Å². The van der Waals surface area contributed by atoms with Gasteiger partial charge in [-0.05, 0) is 24.1 Å². The van der Waals surface area contributed by atoms with E-state index in [4.69, 9.17) is 21.1 Å². The molecule has 41 heavy (non-hydrogen) atoms. The SMILES string of the molecule is COc1ncc(-n2nc(C(=O)O)c(C(Nc3cc(Cl)c(=O)n(C)c3)c3ccc(C#N)cc3F)c2C(C)C)c(OC)n1. The number of nitriles is 1. The summed E-state index contributed by atoms with van der Waals surface area (Å²) in [6, 6.07) is 5.96. The van der Waals surface area contributed by atoms with E-state index in [1.54, 1.807) is 0 Å². The molecule has 0 fully saturated rings. The van der Waals surface area contributed by atoms with Crippen LogP contribution in [-0.4, -0.2) is 49.6 Å². The number of carboxylic acid groups (broad SMARTS) is 1. The molecule has 1 atom stereocenters. The van der Waals surface area contributed by atoms with Crippen molar-refractivity contribution in [2.45, 2.75) is 25.8 Å². The summed E-state index contributed by atoms with van der Waals surface area (Å²) in [6.07, 6.45) is 2.82. The molecule has 212 valence electrons. The molecule has 0 aliphatic rings. The van der Waals surface area contributed by atoms with Crippen LogP contribution in [0.4, 0.5) is 10.1 Å². The molecule has 4 aromatic rings. The van der Waals surface area contributed by atoms with E-state index in [9.17, 15) is 20.0 Å². The number of rotatable bonds is 9. The number of aromatic carboxylic acids is 1. The smallest absolute Gasteiger partial charge is 0.356 e. The molecule has 1 unspecified atom stereocenters. The van der Waals surface area contributed by atoms with Crippen LogP contribution in [0.1, 0.15) is 58.7 Å². The van der Waals surface area contributed by atoms with Crippen molar-refractivity contribution in [3.63, 3.8) is 0 Å². The van der Waals surface area contributed by atoms with Crippen molar-refractivity contribution in [1.29, 1.82) is 5.26 Å². The van der Waals surface area contributed by atoms with Gasteiger partial charge >= 0.3 is 12.0 Å². The summed E-state index contributed by atoms with van der Waals surface area (Å²) in [5.74, 6) is -2.45. The number of carboxylic acids is 1. The van der Waals surface area contributed by atoms with Crippen LogP contribution < -0.4 is 20.3 Å². The van der Waals surface area contributed by atoms with Gasteiger partial charge < -0.3 is 24.5 Å². The fraction of sp³-hybridized carbons (Fsp3) is 0.259. The molecule has 0 saturated carbocycles. The van der Waals surface area contributed by atoms with E-state index in [1.165, 1.54) is 61.1 Å². The minimum atomic E-state index is -1.38. The Morgan fingerprint density at radius 3 is 2.54 bits per heavy atom. The Kier molecular flexibility index (Phi) is 8.25. The molecule has 12 nitrogen and oxygen atoms in total. The molecule has 3 heterocycles. The number of pyridine rings is 1. The number of hydrogen-bond acceptors (Lipinski definition) is 9. The fourth-order valence-corrected chi connectivity index (χ4v) is 4.67. The number of aryl methyl sites for hydroxylation is 1. The predicted octanol–water partition coefficient (Wildman–Crippen LogP) is 4.07. The molecule has 4 rings (SSSR count). The van der Waals surface area contributed by atoms with Crippen molar-refractivity contribution in [3.05, 3.63) is 85.9 Å². The van der Waals surface area contributed by atoms with Crippen LogP contribution in [0.3, 0.4) is 0 Å². The van der Waals surface area contributed by atoms with Gasteiger partial charge in [0.15, 0.2) is 5.69 Å². The standard InChI is InChI=1S/C27H25ClFN7O5/c1-13(2)23-20(22(26(38)39)34-36(23)19-11-31-27(41-5)33-24(19)40-4)21(16-7-6-14(10-30)8-18(16)29)32-15-9-17(28)25(37)35(3)12-15/h6-9,11-13,21,32H,1-5H3,(H,38,39). The van der Waals surface area contributed by atoms with Crippen LogP contribution in [-0.2, 0) is 7.05 Å². The zero-order valence-electron chi connectivity index (χ0n) is 22.6. The Morgan fingerprint density at radius 1 is 1.24 bits per heavy atom. The summed E-state index contributed by atoms with van der Waals surface area (Å²) in [6.45, 7) is 3.63. The lowest BCUT2D eigenvalue weighted by Gasteiger charge is -2.24. The van der Waals surface area contributed by atoms with Crippen LogP contribution in [0.2, 0.25) is 5.02 Å². The van der Waals surface area contributed by atoms with E-state index in [1.807, 2.05) is 19.9 Å². The molecule has 0 radical (unpaired) electrons. The van der Waals surface area contributed by atoms with Gasteiger partial charge in [0, 0.05) is 24.4 Å². The second-order valence-corrected chi connectivity index (χ2v) is 9.60. The van der Waals surface area contributed by atoms with Gasteiger partial charge in [0.1, 0.15) is 16.5 Å². The second kappa shape index (κ2) is 11.6. The predicted molar refractivity (Wildman–Crippen MR) is 147 cm³/mol. The summed E-state index contributed by atoms with van der Waals surface area (Å²) in [5.41, 5.74) is 0.288. The Bertz CT molecular complexity index is 1720. The molecule has 14 heteroatoms. The number of benzene rings is 1. The Labute approximate surface area is 238 Å².